The highest BCUT2D eigenvalue weighted by atomic mass is 16.5. The van der Waals surface area contributed by atoms with Crippen molar-refractivity contribution >= 4 is 23.3 Å². The number of ether oxygens (including phenoxy) is 1. The molecule has 0 aliphatic heterocycles. The minimum absolute atomic E-state index is 0.125. The van der Waals surface area contributed by atoms with Gasteiger partial charge >= 0.3 is 5.97 Å². The highest BCUT2D eigenvalue weighted by Gasteiger charge is 2.20. The number of rotatable bonds is 6. The van der Waals surface area contributed by atoms with Gasteiger partial charge < -0.3 is 20.3 Å². The number of benzene rings is 1. The zero-order valence-electron chi connectivity index (χ0n) is 15.4. The van der Waals surface area contributed by atoms with Gasteiger partial charge in [0.25, 0.3) is 0 Å². The van der Waals surface area contributed by atoms with E-state index < -0.39 is 0 Å². The second-order valence-electron chi connectivity index (χ2n) is 6.23. The molecule has 25 heavy (non-hydrogen) atoms. The zero-order valence-corrected chi connectivity index (χ0v) is 15.4. The van der Waals surface area contributed by atoms with Crippen LogP contribution in [-0.4, -0.2) is 51.2 Å². The van der Waals surface area contributed by atoms with E-state index in [0.29, 0.717) is 12.2 Å². The number of aromatic nitrogens is 2. The van der Waals surface area contributed by atoms with E-state index in [0.717, 1.165) is 28.5 Å². The Hall–Kier alpha value is -2.83. The lowest BCUT2D eigenvalue weighted by Crippen LogP contribution is -2.23. The van der Waals surface area contributed by atoms with Crippen molar-refractivity contribution in [3.63, 3.8) is 0 Å². The van der Waals surface area contributed by atoms with Crippen molar-refractivity contribution in [2.75, 3.05) is 50.8 Å². The number of nitrogen functional groups attached to an aromatic ring is 1. The van der Waals surface area contributed by atoms with Gasteiger partial charge in [-0.15, -0.1) is 0 Å². The van der Waals surface area contributed by atoms with E-state index in [1.54, 1.807) is 0 Å². The van der Waals surface area contributed by atoms with Crippen LogP contribution < -0.4 is 15.5 Å². The molecule has 7 nitrogen and oxygen atoms in total. The Kier molecular flexibility index (Phi) is 5.80. The molecular formula is C18H25N5O2. The first kappa shape index (κ1) is 18.5. The maximum Gasteiger partial charge on any atom is 0.310 e. The molecule has 0 radical (unpaired) electrons. The van der Waals surface area contributed by atoms with Crippen molar-refractivity contribution in [1.82, 2.24) is 9.97 Å². The number of anilines is 3. The van der Waals surface area contributed by atoms with Crippen molar-refractivity contribution in [3.8, 4) is 0 Å². The number of hydrogen-bond acceptors (Lipinski definition) is 7. The summed E-state index contributed by atoms with van der Waals surface area (Å²) >= 11 is 0. The molecule has 1 aromatic heterocycles. The smallest absolute Gasteiger partial charge is 0.310 e. The van der Waals surface area contributed by atoms with Crippen molar-refractivity contribution < 1.29 is 9.53 Å². The van der Waals surface area contributed by atoms with Gasteiger partial charge in [-0.25, -0.2) is 9.97 Å². The van der Waals surface area contributed by atoms with Crippen LogP contribution in [0.2, 0.25) is 0 Å². The van der Waals surface area contributed by atoms with E-state index in [-0.39, 0.29) is 12.4 Å². The number of nitrogens with two attached hydrogens (primary N) is 1. The monoisotopic (exact) mass is 344 g/mol. The molecule has 0 spiro atoms. The lowest BCUT2D eigenvalue weighted by Gasteiger charge is -2.23. The van der Waals surface area contributed by atoms with Gasteiger partial charge in [0.15, 0.2) is 0 Å². The molecule has 1 heterocycles. The Bertz CT molecular complexity index is 713. The van der Waals surface area contributed by atoms with E-state index in [4.69, 9.17) is 10.5 Å². The van der Waals surface area contributed by atoms with E-state index in [9.17, 15) is 4.79 Å². The molecule has 2 N–H and O–H groups in total. The molecule has 0 aliphatic rings. The first-order valence-electron chi connectivity index (χ1n) is 7.97. The molecule has 134 valence electrons. The van der Waals surface area contributed by atoms with Crippen molar-refractivity contribution in [2.24, 2.45) is 0 Å². The standard InChI is InChI=1S/C18H25N5O2/c1-22(2)17-14(11-16(24)25-5)18(23(3)4)21-15(20-17)10-12-6-8-13(19)9-7-12/h6-9H,10-11,19H2,1-5H3/i6+1. The summed E-state index contributed by atoms with van der Waals surface area (Å²) in [5.74, 6) is 1.80. The molecule has 0 bridgehead atoms. The highest BCUT2D eigenvalue weighted by Crippen LogP contribution is 2.27. The maximum atomic E-state index is 11.8. The first-order chi connectivity index (χ1) is 11.8. The second-order valence-corrected chi connectivity index (χ2v) is 6.23. The van der Waals surface area contributed by atoms with Crippen LogP contribution >= 0.6 is 0 Å². The van der Waals surface area contributed by atoms with Crippen LogP contribution in [0.3, 0.4) is 0 Å². The van der Waals surface area contributed by atoms with E-state index in [2.05, 4.69) is 9.97 Å². The van der Waals surface area contributed by atoms with Gasteiger partial charge in [-0.05, 0) is 17.7 Å². The molecule has 0 fully saturated rings. The average Bonchev–Trinajstić information content (AvgIpc) is 2.57. The van der Waals surface area contributed by atoms with Crippen LogP contribution in [0.15, 0.2) is 24.3 Å². The van der Waals surface area contributed by atoms with E-state index >= 15 is 0 Å². The summed E-state index contributed by atoms with van der Waals surface area (Å²) in [5, 5.41) is 0. The summed E-state index contributed by atoms with van der Waals surface area (Å²) < 4.78 is 4.82. The lowest BCUT2D eigenvalue weighted by molar-refractivity contribution is -0.139. The third-order valence-corrected chi connectivity index (χ3v) is 3.75. The fraction of sp³-hybridized carbons (Fsp3) is 0.389. The van der Waals surface area contributed by atoms with Gasteiger partial charge in [-0.3, -0.25) is 4.79 Å². The SMILES string of the molecule is COC(=O)Cc1c(N(C)C)nc(Cc2ccc(N)c[13cH]2)nc1N(C)C. The van der Waals surface area contributed by atoms with Crippen LogP contribution in [-0.2, 0) is 22.4 Å². The van der Waals surface area contributed by atoms with Crippen LogP contribution in [0.5, 0.6) is 0 Å². The van der Waals surface area contributed by atoms with Crippen LogP contribution in [0.1, 0.15) is 17.0 Å². The number of esters is 1. The predicted octanol–water partition coefficient (Wildman–Crippen LogP) is 1.50. The van der Waals surface area contributed by atoms with Gasteiger partial charge in [0.1, 0.15) is 17.5 Å². The molecule has 0 saturated heterocycles. The Morgan fingerprint density at radius 2 is 1.56 bits per heavy atom. The molecular weight excluding hydrogens is 319 g/mol. The topological polar surface area (TPSA) is 84.6 Å². The van der Waals surface area contributed by atoms with Crippen molar-refractivity contribution in [2.45, 2.75) is 12.8 Å². The Morgan fingerprint density at radius 1 is 1.04 bits per heavy atom. The largest absolute Gasteiger partial charge is 0.469 e. The fourth-order valence-electron chi connectivity index (χ4n) is 2.52. The van der Waals surface area contributed by atoms with Gasteiger partial charge in [0.05, 0.1) is 13.5 Å². The third kappa shape index (κ3) is 4.59. The summed E-state index contributed by atoms with van der Waals surface area (Å²) in [7, 11) is 8.97. The second kappa shape index (κ2) is 7.83. The number of carbonyl (C=O) groups is 1. The fourth-order valence-corrected chi connectivity index (χ4v) is 2.52. The van der Waals surface area contributed by atoms with Gasteiger partial charge in [0.2, 0.25) is 0 Å². The summed E-state index contributed by atoms with van der Waals surface area (Å²) in [6.45, 7) is 0. The van der Waals surface area contributed by atoms with Crippen molar-refractivity contribution in [1.29, 1.82) is 0 Å². The van der Waals surface area contributed by atoms with Gasteiger partial charge in [0, 0.05) is 45.9 Å². The number of carbonyl (C=O) groups excluding carboxylic acids is 1. The molecule has 0 atom stereocenters. The Balaban J connectivity index is 2.48. The zero-order chi connectivity index (χ0) is 18.6. The van der Waals surface area contributed by atoms with Crippen molar-refractivity contribution in [3.05, 3.63) is 41.2 Å². The highest BCUT2D eigenvalue weighted by molar-refractivity contribution is 5.77. The van der Waals surface area contributed by atoms with Gasteiger partial charge in [-0.1, -0.05) is 12.1 Å². The van der Waals surface area contributed by atoms with Crippen LogP contribution in [0, 0.1) is 0 Å². The minimum atomic E-state index is -0.318. The third-order valence-electron chi connectivity index (χ3n) is 3.75. The normalized spacial score (nSPS) is 10.4. The molecule has 1 aromatic carbocycles. The quantitative estimate of drug-likeness (QED) is 0.628. The Morgan fingerprint density at radius 3 is 2.00 bits per heavy atom. The number of hydrogen-bond donors (Lipinski definition) is 1. The molecule has 2 rings (SSSR count). The molecule has 2 aromatic rings. The molecule has 0 aliphatic carbocycles. The van der Waals surface area contributed by atoms with E-state index in [1.807, 2.05) is 62.3 Å². The number of nitrogens with zero attached hydrogens (tertiary/aromatic N) is 4. The first-order valence-corrected chi connectivity index (χ1v) is 7.97. The molecule has 0 amide bonds. The molecule has 0 unspecified atom stereocenters. The minimum Gasteiger partial charge on any atom is -0.469 e. The molecule has 7 heteroatoms. The maximum absolute atomic E-state index is 11.8. The molecule has 0 saturated carbocycles. The predicted molar refractivity (Wildman–Crippen MR) is 100 cm³/mol. The van der Waals surface area contributed by atoms with Crippen LogP contribution in [0.25, 0.3) is 0 Å². The average molecular weight is 344 g/mol. The number of methoxy groups -OCH3 is 1. The lowest BCUT2D eigenvalue weighted by atomic mass is 10.1. The summed E-state index contributed by atoms with van der Waals surface area (Å²) in [4.78, 5) is 24.9. The van der Waals surface area contributed by atoms with Gasteiger partial charge in [-0.2, -0.15) is 0 Å². The summed E-state index contributed by atoms with van der Waals surface area (Å²) in [5.41, 5.74) is 8.29. The van der Waals surface area contributed by atoms with Crippen LogP contribution in [0.4, 0.5) is 17.3 Å². The summed E-state index contributed by atoms with van der Waals surface area (Å²) in [6, 6.07) is 7.65. The Labute approximate surface area is 148 Å². The van der Waals surface area contributed by atoms with E-state index in [1.165, 1.54) is 7.11 Å². The summed E-state index contributed by atoms with van der Waals surface area (Å²) in [6.07, 6.45) is 0.708.